The number of benzene rings is 1. The van der Waals surface area contributed by atoms with E-state index >= 15 is 0 Å². The van der Waals surface area contributed by atoms with E-state index in [-0.39, 0.29) is 6.04 Å². The second-order valence-corrected chi connectivity index (χ2v) is 5.06. The van der Waals surface area contributed by atoms with Gasteiger partial charge >= 0.3 is 0 Å². The highest BCUT2D eigenvalue weighted by Gasteiger charge is 2.16. The van der Waals surface area contributed by atoms with E-state index in [1.54, 1.807) is 12.1 Å². The van der Waals surface area contributed by atoms with Gasteiger partial charge in [0.1, 0.15) is 11.3 Å². The van der Waals surface area contributed by atoms with Crippen LogP contribution in [0.5, 0.6) is 0 Å². The molecule has 2 N–H and O–H groups in total. The summed E-state index contributed by atoms with van der Waals surface area (Å²) in [4.78, 5) is 0. The number of hydrogen-bond donors (Lipinski definition) is 1. The highest BCUT2D eigenvalue weighted by atomic mass is 35.5. The SMILES string of the molecule is CC(C)C(N)c1cc2c(Cl)cc(Cl)cc2o1. The minimum absolute atomic E-state index is 0.123. The molecule has 86 valence electrons. The Bertz CT molecular complexity index is 519. The van der Waals surface area contributed by atoms with Crippen LogP contribution < -0.4 is 5.73 Å². The average Bonchev–Trinajstić information content (AvgIpc) is 2.60. The molecule has 0 saturated carbocycles. The Balaban J connectivity index is 2.56. The van der Waals surface area contributed by atoms with Crippen molar-refractivity contribution in [2.75, 3.05) is 0 Å². The zero-order chi connectivity index (χ0) is 11.9. The van der Waals surface area contributed by atoms with E-state index in [1.165, 1.54) is 0 Å². The van der Waals surface area contributed by atoms with E-state index in [0.717, 1.165) is 11.1 Å². The van der Waals surface area contributed by atoms with Crippen molar-refractivity contribution in [1.82, 2.24) is 0 Å². The average molecular weight is 258 g/mol. The highest BCUT2D eigenvalue weighted by molar-refractivity contribution is 6.38. The molecule has 1 unspecified atom stereocenters. The van der Waals surface area contributed by atoms with Crippen molar-refractivity contribution in [3.63, 3.8) is 0 Å². The first-order chi connectivity index (χ1) is 7.49. The molecule has 1 aromatic heterocycles. The van der Waals surface area contributed by atoms with Crippen LogP contribution in [0.25, 0.3) is 11.0 Å². The van der Waals surface area contributed by atoms with Gasteiger partial charge in [0.25, 0.3) is 0 Å². The van der Waals surface area contributed by atoms with Crippen LogP contribution in [0, 0.1) is 5.92 Å². The van der Waals surface area contributed by atoms with Crippen LogP contribution in [0.1, 0.15) is 25.6 Å². The Morgan fingerprint density at radius 3 is 2.50 bits per heavy atom. The maximum Gasteiger partial charge on any atom is 0.137 e. The number of nitrogens with two attached hydrogens (primary N) is 1. The summed E-state index contributed by atoms with van der Waals surface area (Å²) in [6.45, 7) is 4.10. The van der Waals surface area contributed by atoms with Crippen LogP contribution in [0.4, 0.5) is 0 Å². The molecule has 0 fully saturated rings. The van der Waals surface area contributed by atoms with Gasteiger partial charge in [-0.15, -0.1) is 0 Å². The lowest BCUT2D eigenvalue weighted by atomic mass is 10.0. The van der Waals surface area contributed by atoms with Gasteiger partial charge in [0.05, 0.1) is 11.1 Å². The Hall–Kier alpha value is -0.700. The van der Waals surface area contributed by atoms with Crippen LogP contribution >= 0.6 is 23.2 Å². The standard InChI is InChI=1S/C12H13Cl2NO/c1-6(2)12(15)11-5-8-9(14)3-7(13)4-10(8)16-11/h3-6,12H,15H2,1-2H3. The van der Waals surface area contributed by atoms with Gasteiger partial charge in [-0.05, 0) is 18.1 Å². The summed E-state index contributed by atoms with van der Waals surface area (Å²) in [5, 5.41) is 2.02. The molecular weight excluding hydrogens is 245 g/mol. The molecule has 16 heavy (non-hydrogen) atoms. The van der Waals surface area contributed by atoms with Gasteiger partial charge < -0.3 is 10.2 Å². The number of furan rings is 1. The molecule has 2 nitrogen and oxygen atoms in total. The van der Waals surface area contributed by atoms with Crippen LogP contribution in [0.2, 0.25) is 10.0 Å². The van der Waals surface area contributed by atoms with E-state index in [9.17, 15) is 0 Å². The molecule has 0 bridgehead atoms. The maximum atomic E-state index is 6.07. The summed E-state index contributed by atoms with van der Waals surface area (Å²) >= 11 is 12.0. The quantitative estimate of drug-likeness (QED) is 0.867. The number of hydrogen-bond acceptors (Lipinski definition) is 2. The molecule has 0 aliphatic carbocycles. The molecule has 0 saturated heterocycles. The first kappa shape index (κ1) is 11.8. The molecule has 2 aromatic rings. The van der Waals surface area contributed by atoms with Crippen molar-refractivity contribution in [3.8, 4) is 0 Å². The third kappa shape index (κ3) is 2.05. The van der Waals surface area contributed by atoms with Crippen LogP contribution in [0.3, 0.4) is 0 Å². The zero-order valence-corrected chi connectivity index (χ0v) is 10.6. The van der Waals surface area contributed by atoms with Gasteiger partial charge in [0.2, 0.25) is 0 Å². The molecule has 0 aliphatic rings. The molecule has 1 aromatic carbocycles. The van der Waals surface area contributed by atoms with Crippen molar-refractivity contribution in [2.45, 2.75) is 19.9 Å². The van der Waals surface area contributed by atoms with Crippen molar-refractivity contribution in [3.05, 3.63) is 34.0 Å². The monoisotopic (exact) mass is 257 g/mol. The zero-order valence-electron chi connectivity index (χ0n) is 9.13. The van der Waals surface area contributed by atoms with E-state index < -0.39 is 0 Å². The molecule has 4 heteroatoms. The largest absolute Gasteiger partial charge is 0.459 e. The molecule has 0 radical (unpaired) electrons. The number of halogens is 2. The summed E-state index contributed by atoms with van der Waals surface area (Å²) in [7, 11) is 0. The topological polar surface area (TPSA) is 39.2 Å². The van der Waals surface area contributed by atoms with Gasteiger partial charge in [-0.3, -0.25) is 0 Å². The fourth-order valence-electron chi connectivity index (χ4n) is 1.58. The maximum absolute atomic E-state index is 6.07. The second-order valence-electron chi connectivity index (χ2n) is 4.22. The van der Waals surface area contributed by atoms with Crippen LogP contribution in [-0.2, 0) is 0 Å². The first-order valence-electron chi connectivity index (χ1n) is 5.13. The number of fused-ring (bicyclic) bond motifs is 1. The summed E-state index contributed by atoms with van der Waals surface area (Å²) in [5.74, 6) is 1.06. The summed E-state index contributed by atoms with van der Waals surface area (Å²) in [6, 6.07) is 5.21. The van der Waals surface area contributed by atoms with E-state index in [2.05, 4.69) is 0 Å². The summed E-state index contributed by atoms with van der Waals surface area (Å²) in [6.07, 6.45) is 0. The van der Waals surface area contributed by atoms with Crippen molar-refractivity contribution in [2.24, 2.45) is 11.7 Å². The highest BCUT2D eigenvalue weighted by Crippen LogP contribution is 2.33. The summed E-state index contributed by atoms with van der Waals surface area (Å²) < 4.78 is 5.66. The van der Waals surface area contributed by atoms with Crippen molar-refractivity contribution < 1.29 is 4.42 Å². The third-order valence-electron chi connectivity index (χ3n) is 2.62. The van der Waals surface area contributed by atoms with E-state index in [1.807, 2.05) is 19.9 Å². The molecule has 1 atom stereocenters. The second kappa shape index (κ2) is 4.28. The van der Waals surface area contributed by atoms with E-state index in [0.29, 0.717) is 21.5 Å². The predicted octanol–water partition coefficient (Wildman–Crippen LogP) is 4.40. The van der Waals surface area contributed by atoms with E-state index in [4.69, 9.17) is 33.4 Å². The fraction of sp³-hybridized carbons (Fsp3) is 0.333. The van der Waals surface area contributed by atoms with Crippen LogP contribution in [-0.4, -0.2) is 0 Å². The molecular formula is C12H13Cl2NO. The lowest BCUT2D eigenvalue weighted by Crippen LogP contribution is -2.15. The summed E-state index contributed by atoms with van der Waals surface area (Å²) in [5.41, 5.74) is 6.70. The minimum Gasteiger partial charge on any atom is -0.459 e. The smallest absolute Gasteiger partial charge is 0.137 e. The van der Waals surface area contributed by atoms with Gasteiger partial charge in [-0.1, -0.05) is 37.0 Å². The lowest BCUT2D eigenvalue weighted by molar-refractivity contribution is 0.418. The Labute approximate surface area is 104 Å². The van der Waals surface area contributed by atoms with Crippen LogP contribution in [0.15, 0.2) is 22.6 Å². The van der Waals surface area contributed by atoms with Gasteiger partial charge in [0, 0.05) is 16.5 Å². The predicted molar refractivity (Wildman–Crippen MR) is 68.0 cm³/mol. The van der Waals surface area contributed by atoms with Crippen molar-refractivity contribution in [1.29, 1.82) is 0 Å². The Morgan fingerprint density at radius 1 is 1.19 bits per heavy atom. The van der Waals surface area contributed by atoms with Gasteiger partial charge in [-0.25, -0.2) is 0 Å². The molecule has 0 aliphatic heterocycles. The van der Waals surface area contributed by atoms with Gasteiger partial charge in [-0.2, -0.15) is 0 Å². The fourth-order valence-corrected chi connectivity index (χ4v) is 2.11. The normalized spacial score (nSPS) is 13.6. The Kier molecular flexibility index (Phi) is 3.15. The molecule has 0 amide bonds. The Morgan fingerprint density at radius 2 is 1.88 bits per heavy atom. The molecule has 1 heterocycles. The molecule has 2 rings (SSSR count). The number of rotatable bonds is 2. The molecule has 0 spiro atoms. The van der Waals surface area contributed by atoms with Gasteiger partial charge in [0.15, 0.2) is 0 Å². The third-order valence-corrected chi connectivity index (χ3v) is 3.15. The lowest BCUT2D eigenvalue weighted by Gasteiger charge is -2.11. The first-order valence-corrected chi connectivity index (χ1v) is 5.88. The minimum atomic E-state index is -0.123. The van der Waals surface area contributed by atoms with Crippen molar-refractivity contribution >= 4 is 34.2 Å².